The second-order valence-corrected chi connectivity index (χ2v) is 5.94. The number of thiazole rings is 1. The molecule has 0 aliphatic rings. The first kappa shape index (κ1) is 14.6. The first-order valence-electron chi connectivity index (χ1n) is 6.15. The van der Waals surface area contributed by atoms with Crippen molar-refractivity contribution in [2.45, 2.75) is 19.0 Å². The Kier molecular flexibility index (Phi) is 5.91. The Morgan fingerprint density at radius 3 is 3.16 bits per heavy atom. The molecule has 2 N–H and O–H groups in total. The molecular formula is C13H18N2O2S2. The van der Waals surface area contributed by atoms with Crippen LogP contribution in [0, 0.1) is 0 Å². The summed E-state index contributed by atoms with van der Waals surface area (Å²) in [6, 6.07) is 4.11. The number of hydrogen-bond acceptors (Lipinski definition) is 6. The fraction of sp³-hybridized carbons (Fsp3) is 0.462. The molecule has 0 bridgehead atoms. The van der Waals surface area contributed by atoms with Gasteiger partial charge in [0.05, 0.1) is 12.0 Å². The van der Waals surface area contributed by atoms with Gasteiger partial charge in [0.2, 0.25) is 0 Å². The van der Waals surface area contributed by atoms with Crippen molar-refractivity contribution >= 4 is 23.1 Å². The van der Waals surface area contributed by atoms with E-state index in [2.05, 4.69) is 16.6 Å². The summed E-state index contributed by atoms with van der Waals surface area (Å²) in [5.74, 6) is 1.81. The highest BCUT2D eigenvalue weighted by Crippen LogP contribution is 2.23. The summed E-state index contributed by atoms with van der Waals surface area (Å²) in [5.41, 5.74) is 1.01. The van der Waals surface area contributed by atoms with Crippen molar-refractivity contribution in [3.63, 3.8) is 0 Å². The van der Waals surface area contributed by atoms with Gasteiger partial charge in [-0.25, -0.2) is 4.98 Å². The lowest BCUT2D eigenvalue weighted by atomic mass is 10.2. The van der Waals surface area contributed by atoms with Crippen LogP contribution in [0.3, 0.4) is 0 Å². The normalized spacial score (nSPS) is 12.7. The average molecular weight is 298 g/mol. The molecule has 0 aliphatic heterocycles. The van der Waals surface area contributed by atoms with Gasteiger partial charge in [0.25, 0.3) is 0 Å². The Balaban J connectivity index is 1.89. The molecule has 0 radical (unpaired) electrons. The van der Waals surface area contributed by atoms with Gasteiger partial charge in [-0.05, 0) is 24.8 Å². The fourth-order valence-electron chi connectivity index (χ4n) is 1.75. The quantitative estimate of drug-likeness (QED) is 0.784. The predicted octanol–water partition coefficient (Wildman–Crippen LogP) is 2.61. The largest absolute Gasteiger partial charge is 0.462 e. The number of nitrogens with zero attached hydrogens (tertiary/aromatic N) is 1. The minimum absolute atomic E-state index is 0.215. The highest BCUT2D eigenvalue weighted by Gasteiger charge is 2.10. The smallest absolute Gasteiger partial charge is 0.162 e. The molecule has 1 atom stereocenters. The van der Waals surface area contributed by atoms with Crippen LogP contribution in [-0.4, -0.2) is 34.7 Å². The molecule has 0 aliphatic carbocycles. The molecule has 2 aromatic heterocycles. The van der Waals surface area contributed by atoms with E-state index in [4.69, 9.17) is 9.52 Å². The number of hydrogen-bond donors (Lipinski definition) is 2. The number of thioether (sulfide) groups is 1. The van der Waals surface area contributed by atoms with E-state index >= 15 is 0 Å². The van der Waals surface area contributed by atoms with Gasteiger partial charge in [0.1, 0.15) is 0 Å². The molecule has 2 aromatic rings. The molecule has 104 valence electrons. The lowest BCUT2D eigenvalue weighted by Crippen LogP contribution is -2.31. The molecule has 0 saturated carbocycles. The second kappa shape index (κ2) is 7.69. The molecule has 2 heterocycles. The summed E-state index contributed by atoms with van der Waals surface area (Å²) >= 11 is 3.37. The zero-order valence-electron chi connectivity index (χ0n) is 10.8. The molecule has 1 unspecified atom stereocenters. The number of aliphatic hydroxyl groups is 1. The first-order valence-corrected chi connectivity index (χ1v) is 8.42. The summed E-state index contributed by atoms with van der Waals surface area (Å²) in [6.07, 6.45) is 4.50. The molecule has 19 heavy (non-hydrogen) atoms. The van der Waals surface area contributed by atoms with E-state index in [9.17, 15) is 0 Å². The maximum absolute atomic E-state index is 9.01. The molecule has 2 rings (SSSR count). The van der Waals surface area contributed by atoms with Crippen molar-refractivity contribution in [3.8, 4) is 10.8 Å². The summed E-state index contributed by atoms with van der Waals surface area (Å²) < 4.78 is 5.33. The Morgan fingerprint density at radius 1 is 1.58 bits per heavy atom. The molecule has 4 nitrogen and oxygen atoms in total. The lowest BCUT2D eigenvalue weighted by molar-refractivity contribution is 0.269. The lowest BCUT2D eigenvalue weighted by Gasteiger charge is -2.15. The summed E-state index contributed by atoms with van der Waals surface area (Å²) in [5, 5.41) is 15.4. The third-order valence-electron chi connectivity index (χ3n) is 2.70. The standard InChI is InChI=1S/C13H18N2O2S2/c1-18-8-10(4-5-16)14-7-11-9-19-13(15-11)12-3-2-6-17-12/h2-3,6,9-10,14,16H,4-5,7-8H2,1H3. The number of aromatic nitrogens is 1. The van der Waals surface area contributed by atoms with Gasteiger partial charge in [-0.1, -0.05) is 0 Å². The van der Waals surface area contributed by atoms with E-state index in [0.29, 0.717) is 6.04 Å². The number of nitrogens with one attached hydrogen (secondary N) is 1. The topological polar surface area (TPSA) is 58.3 Å². The maximum Gasteiger partial charge on any atom is 0.162 e. The summed E-state index contributed by atoms with van der Waals surface area (Å²) in [6.45, 7) is 0.940. The Bertz CT molecular complexity index is 465. The fourth-order valence-corrected chi connectivity index (χ4v) is 3.22. The van der Waals surface area contributed by atoms with E-state index in [1.807, 2.05) is 17.5 Å². The van der Waals surface area contributed by atoms with Crippen molar-refractivity contribution in [3.05, 3.63) is 29.5 Å². The summed E-state index contributed by atoms with van der Waals surface area (Å²) in [7, 11) is 0. The van der Waals surface area contributed by atoms with Gasteiger partial charge in [0.15, 0.2) is 10.8 Å². The van der Waals surface area contributed by atoms with Gasteiger partial charge in [-0.3, -0.25) is 0 Å². The van der Waals surface area contributed by atoms with Crippen LogP contribution >= 0.6 is 23.1 Å². The van der Waals surface area contributed by atoms with Gasteiger partial charge in [-0.15, -0.1) is 11.3 Å². The van der Waals surface area contributed by atoms with Gasteiger partial charge in [-0.2, -0.15) is 11.8 Å². The number of furan rings is 1. The molecular weight excluding hydrogens is 280 g/mol. The van der Waals surface area contributed by atoms with Crippen molar-refractivity contribution in [2.24, 2.45) is 0 Å². The van der Waals surface area contributed by atoms with Crippen LogP contribution in [0.1, 0.15) is 12.1 Å². The number of rotatable bonds is 8. The van der Waals surface area contributed by atoms with Crippen molar-refractivity contribution in [1.29, 1.82) is 0 Å². The molecule has 0 amide bonds. The van der Waals surface area contributed by atoms with Crippen molar-refractivity contribution in [1.82, 2.24) is 10.3 Å². The van der Waals surface area contributed by atoms with Crippen LogP contribution in [0.2, 0.25) is 0 Å². The minimum Gasteiger partial charge on any atom is -0.462 e. The minimum atomic E-state index is 0.215. The average Bonchev–Trinajstić information content (AvgIpc) is 3.07. The third kappa shape index (κ3) is 4.35. The van der Waals surface area contributed by atoms with Gasteiger partial charge in [0, 0.05) is 30.3 Å². The zero-order chi connectivity index (χ0) is 13.5. The first-order chi connectivity index (χ1) is 9.33. The van der Waals surface area contributed by atoms with Crippen molar-refractivity contribution < 1.29 is 9.52 Å². The van der Waals surface area contributed by atoms with E-state index < -0.39 is 0 Å². The van der Waals surface area contributed by atoms with E-state index in [0.717, 1.165) is 35.2 Å². The van der Waals surface area contributed by atoms with E-state index in [-0.39, 0.29) is 6.61 Å². The SMILES string of the molecule is CSCC(CCO)NCc1csc(-c2ccco2)n1. The van der Waals surface area contributed by atoms with Gasteiger partial charge >= 0.3 is 0 Å². The Labute approximate surface area is 121 Å². The third-order valence-corrected chi connectivity index (χ3v) is 4.34. The Morgan fingerprint density at radius 2 is 2.47 bits per heavy atom. The van der Waals surface area contributed by atoms with E-state index in [1.165, 1.54) is 0 Å². The van der Waals surface area contributed by atoms with Crippen LogP contribution in [0.25, 0.3) is 10.8 Å². The highest BCUT2D eigenvalue weighted by molar-refractivity contribution is 7.98. The zero-order valence-corrected chi connectivity index (χ0v) is 12.5. The number of aliphatic hydroxyl groups excluding tert-OH is 1. The molecule has 0 spiro atoms. The van der Waals surface area contributed by atoms with Crippen LogP contribution < -0.4 is 5.32 Å². The second-order valence-electron chi connectivity index (χ2n) is 4.17. The van der Waals surface area contributed by atoms with Crippen LogP contribution in [-0.2, 0) is 6.54 Å². The summed E-state index contributed by atoms with van der Waals surface area (Å²) in [4.78, 5) is 4.54. The predicted molar refractivity (Wildman–Crippen MR) is 80.5 cm³/mol. The van der Waals surface area contributed by atoms with Gasteiger partial charge < -0.3 is 14.8 Å². The monoisotopic (exact) mass is 298 g/mol. The van der Waals surface area contributed by atoms with Crippen LogP contribution in [0.4, 0.5) is 0 Å². The van der Waals surface area contributed by atoms with E-state index in [1.54, 1.807) is 29.4 Å². The molecule has 0 saturated heterocycles. The highest BCUT2D eigenvalue weighted by atomic mass is 32.2. The van der Waals surface area contributed by atoms with Crippen molar-refractivity contribution in [2.75, 3.05) is 18.6 Å². The Hall–Kier alpha value is -0.820. The molecule has 0 aromatic carbocycles. The van der Waals surface area contributed by atoms with Crippen LogP contribution in [0.15, 0.2) is 28.2 Å². The maximum atomic E-state index is 9.01. The van der Waals surface area contributed by atoms with Crippen LogP contribution in [0.5, 0.6) is 0 Å². The molecule has 0 fully saturated rings. The molecule has 6 heteroatoms.